The Kier molecular flexibility index (Phi) is 6.46. The Hall–Kier alpha value is -2.25. The van der Waals surface area contributed by atoms with E-state index in [0.717, 1.165) is 17.4 Å². The molecular weight excluding hydrogens is 369 g/mol. The number of benzene rings is 2. The number of hydrogen-bond acceptors (Lipinski definition) is 4. The van der Waals surface area contributed by atoms with Crippen LogP contribution in [-0.4, -0.2) is 55.4 Å². The molecule has 152 valence electrons. The number of para-hydroxylation sites is 1. The minimum atomic E-state index is -4.33. The van der Waals surface area contributed by atoms with E-state index in [2.05, 4.69) is 4.90 Å². The SMILES string of the molecule is Cc1ccccc1OC[C@@H](O)CN1CCN(c2cccc(C(F)(F)F)c2)CC1. The van der Waals surface area contributed by atoms with Crippen molar-refractivity contribution in [2.24, 2.45) is 0 Å². The van der Waals surface area contributed by atoms with Gasteiger partial charge in [-0.1, -0.05) is 24.3 Å². The van der Waals surface area contributed by atoms with Gasteiger partial charge in [-0.05, 0) is 36.8 Å². The van der Waals surface area contributed by atoms with Crippen LogP contribution in [0.25, 0.3) is 0 Å². The van der Waals surface area contributed by atoms with Gasteiger partial charge in [-0.15, -0.1) is 0 Å². The highest BCUT2D eigenvalue weighted by molar-refractivity contribution is 5.49. The molecule has 7 heteroatoms. The van der Waals surface area contributed by atoms with Crippen molar-refractivity contribution in [1.82, 2.24) is 4.90 Å². The summed E-state index contributed by atoms with van der Waals surface area (Å²) in [6.07, 6.45) is -4.96. The zero-order valence-corrected chi connectivity index (χ0v) is 15.8. The molecule has 1 N–H and O–H groups in total. The molecule has 28 heavy (non-hydrogen) atoms. The van der Waals surface area contributed by atoms with Crippen molar-refractivity contribution in [1.29, 1.82) is 0 Å². The van der Waals surface area contributed by atoms with Gasteiger partial charge >= 0.3 is 6.18 Å². The number of halogens is 3. The molecule has 1 atom stereocenters. The van der Waals surface area contributed by atoms with Gasteiger partial charge in [-0.2, -0.15) is 13.2 Å². The van der Waals surface area contributed by atoms with E-state index in [1.165, 1.54) is 12.1 Å². The highest BCUT2D eigenvalue weighted by Gasteiger charge is 2.31. The second kappa shape index (κ2) is 8.84. The van der Waals surface area contributed by atoms with E-state index >= 15 is 0 Å². The zero-order chi connectivity index (χ0) is 20.1. The summed E-state index contributed by atoms with van der Waals surface area (Å²) in [4.78, 5) is 4.05. The Morgan fingerprint density at radius 3 is 2.43 bits per heavy atom. The van der Waals surface area contributed by atoms with Crippen LogP contribution in [0.2, 0.25) is 0 Å². The summed E-state index contributed by atoms with van der Waals surface area (Å²) in [5.41, 5.74) is 0.971. The topological polar surface area (TPSA) is 35.9 Å². The molecule has 1 fully saturated rings. The predicted octanol–water partition coefficient (Wildman–Crippen LogP) is 3.58. The summed E-state index contributed by atoms with van der Waals surface area (Å²) in [6, 6.07) is 13.1. The Morgan fingerprint density at radius 2 is 1.75 bits per heavy atom. The van der Waals surface area contributed by atoms with Gasteiger partial charge < -0.3 is 14.7 Å². The van der Waals surface area contributed by atoms with Gasteiger partial charge in [0.05, 0.1) is 5.56 Å². The summed E-state index contributed by atoms with van der Waals surface area (Å²) in [5.74, 6) is 0.760. The lowest BCUT2D eigenvalue weighted by atomic mass is 10.1. The molecule has 1 aliphatic rings. The highest BCUT2D eigenvalue weighted by atomic mass is 19.4. The molecule has 0 aromatic heterocycles. The third-order valence-corrected chi connectivity index (χ3v) is 4.90. The lowest BCUT2D eigenvalue weighted by Crippen LogP contribution is -2.49. The molecular formula is C21H25F3N2O2. The summed E-state index contributed by atoms with van der Waals surface area (Å²) in [5, 5.41) is 10.3. The van der Waals surface area contributed by atoms with Crippen LogP contribution >= 0.6 is 0 Å². The first kappa shape index (κ1) is 20.5. The largest absolute Gasteiger partial charge is 0.491 e. The fourth-order valence-corrected chi connectivity index (χ4v) is 3.32. The average molecular weight is 394 g/mol. The smallest absolute Gasteiger partial charge is 0.416 e. The molecule has 0 unspecified atom stereocenters. The van der Waals surface area contributed by atoms with Crippen molar-refractivity contribution in [3.8, 4) is 5.75 Å². The van der Waals surface area contributed by atoms with Gasteiger partial charge in [0.2, 0.25) is 0 Å². The maximum Gasteiger partial charge on any atom is 0.416 e. The molecule has 0 saturated carbocycles. The standard InChI is InChI=1S/C21H25F3N2O2/c1-16-5-2-3-8-20(16)28-15-19(27)14-25-9-11-26(12-10-25)18-7-4-6-17(13-18)21(22,23)24/h2-8,13,19,27H,9-12,14-15H2,1H3/t19-/m0/s1. The summed E-state index contributed by atoms with van der Waals surface area (Å²) in [6.45, 7) is 5.23. The van der Waals surface area contributed by atoms with Crippen molar-refractivity contribution in [2.75, 3.05) is 44.2 Å². The number of piperazine rings is 1. The maximum atomic E-state index is 12.9. The number of rotatable bonds is 6. The summed E-state index contributed by atoms with van der Waals surface area (Å²) < 4.78 is 44.4. The molecule has 1 heterocycles. The Bertz CT molecular complexity index is 774. The molecule has 0 bridgehead atoms. The molecule has 2 aromatic rings. The van der Waals surface area contributed by atoms with Gasteiger partial charge in [0.25, 0.3) is 0 Å². The van der Waals surface area contributed by atoms with Crippen molar-refractivity contribution < 1.29 is 23.0 Å². The first-order valence-electron chi connectivity index (χ1n) is 9.34. The number of β-amino-alcohol motifs (C(OH)–C–C–N with tert-alkyl or cyclic N) is 1. The van der Waals surface area contributed by atoms with E-state index in [4.69, 9.17) is 4.74 Å². The lowest BCUT2D eigenvalue weighted by Gasteiger charge is -2.37. The Morgan fingerprint density at radius 1 is 1.04 bits per heavy atom. The average Bonchev–Trinajstić information content (AvgIpc) is 2.67. The summed E-state index contributed by atoms with van der Waals surface area (Å²) >= 11 is 0. The quantitative estimate of drug-likeness (QED) is 0.813. The summed E-state index contributed by atoms with van der Waals surface area (Å²) in [7, 11) is 0. The monoisotopic (exact) mass is 394 g/mol. The number of alkyl halides is 3. The van der Waals surface area contributed by atoms with Gasteiger partial charge in [-0.3, -0.25) is 4.90 Å². The van der Waals surface area contributed by atoms with Crippen molar-refractivity contribution in [3.63, 3.8) is 0 Å². The first-order valence-corrected chi connectivity index (χ1v) is 9.34. The second-order valence-corrected chi connectivity index (χ2v) is 7.07. The minimum absolute atomic E-state index is 0.207. The molecule has 1 aliphatic heterocycles. The van der Waals surface area contributed by atoms with E-state index < -0.39 is 17.8 Å². The zero-order valence-electron chi connectivity index (χ0n) is 15.8. The Balaban J connectivity index is 1.47. The number of nitrogens with zero attached hydrogens (tertiary/aromatic N) is 2. The van der Waals surface area contributed by atoms with Gasteiger partial charge in [-0.25, -0.2) is 0 Å². The third kappa shape index (κ3) is 5.39. The van der Waals surface area contributed by atoms with Gasteiger partial charge in [0.15, 0.2) is 0 Å². The number of aliphatic hydroxyl groups excluding tert-OH is 1. The molecule has 2 aromatic carbocycles. The van der Waals surface area contributed by atoms with Crippen LogP contribution in [0.4, 0.5) is 18.9 Å². The van der Waals surface area contributed by atoms with E-state index in [1.807, 2.05) is 36.1 Å². The van der Waals surface area contributed by atoms with E-state index in [9.17, 15) is 18.3 Å². The molecule has 4 nitrogen and oxygen atoms in total. The van der Waals surface area contributed by atoms with Crippen molar-refractivity contribution in [2.45, 2.75) is 19.2 Å². The van der Waals surface area contributed by atoms with Crippen molar-refractivity contribution in [3.05, 3.63) is 59.7 Å². The molecule has 0 radical (unpaired) electrons. The van der Waals surface area contributed by atoms with Gasteiger partial charge in [0.1, 0.15) is 18.5 Å². The van der Waals surface area contributed by atoms with Crippen molar-refractivity contribution >= 4 is 5.69 Å². The molecule has 1 saturated heterocycles. The Labute approximate surface area is 163 Å². The fraction of sp³-hybridized carbons (Fsp3) is 0.429. The number of aryl methyl sites for hydroxylation is 1. The molecule has 3 rings (SSSR count). The van der Waals surface area contributed by atoms with Crippen LogP contribution in [0.15, 0.2) is 48.5 Å². The number of anilines is 1. The van der Waals surface area contributed by atoms with Crippen LogP contribution in [0.5, 0.6) is 5.75 Å². The minimum Gasteiger partial charge on any atom is -0.491 e. The normalized spacial score (nSPS) is 16.8. The van der Waals surface area contributed by atoms with E-state index in [1.54, 1.807) is 6.07 Å². The van der Waals surface area contributed by atoms with Crippen LogP contribution < -0.4 is 9.64 Å². The number of aliphatic hydroxyl groups is 1. The molecule has 0 spiro atoms. The third-order valence-electron chi connectivity index (χ3n) is 4.90. The van der Waals surface area contributed by atoms with Crippen LogP contribution in [0, 0.1) is 6.92 Å². The number of ether oxygens (including phenoxy) is 1. The van der Waals surface area contributed by atoms with Crippen LogP contribution in [0.3, 0.4) is 0 Å². The van der Waals surface area contributed by atoms with Crippen LogP contribution in [-0.2, 0) is 6.18 Å². The molecule has 0 aliphatic carbocycles. The predicted molar refractivity (Wildman–Crippen MR) is 103 cm³/mol. The lowest BCUT2D eigenvalue weighted by molar-refractivity contribution is -0.137. The highest BCUT2D eigenvalue weighted by Crippen LogP contribution is 2.31. The fourth-order valence-electron chi connectivity index (χ4n) is 3.32. The second-order valence-electron chi connectivity index (χ2n) is 7.07. The maximum absolute atomic E-state index is 12.9. The van der Waals surface area contributed by atoms with Crippen LogP contribution in [0.1, 0.15) is 11.1 Å². The van der Waals surface area contributed by atoms with Gasteiger partial charge in [0, 0.05) is 38.4 Å². The number of hydrogen-bond donors (Lipinski definition) is 1. The molecule has 0 amide bonds. The first-order chi connectivity index (χ1) is 13.3. The van der Waals surface area contributed by atoms with E-state index in [-0.39, 0.29) is 6.61 Å². The van der Waals surface area contributed by atoms with E-state index in [0.29, 0.717) is 38.4 Å².